The van der Waals surface area contributed by atoms with Crippen molar-refractivity contribution in [3.8, 4) is 0 Å². The zero-order valence-electron chi connectivity index (χ0n) is 11.3. The molecule has 0 aromatic heterocycles. The molecule has 0 unspecified atom stereocenters. The molecular formula is C13H18ClNO4S. The summed E-state index contributed by atoms with van der Waals surface area (Å²) < 4.78 is 26.0. The smallest absolute Gasteiger partial charge is 0.321 e. The number of carbonyl (C=O) groups is 1. The molecule has 0 saturated heterocycles. The fourth-order valence-electron chi connectivity index (χ4n) is 1.67. The van der Waals surface area contributed by atoms with Crippen LogP contribution in [0, 0.1) is 5.92 Å². The molecule has 5 nitrogen and oxygen atoms in total. The monoisotopic (exact) mass is 319 g/mol. The molecule has 2 N–H and O–H groups in total. The first-order valence-corrected chi connectivity index (χ1v) is 8.21. The molecule has 0 spiro atoms. The molecule has 20 heavy (non-hydrogen) atoms. The average Bonchev–Trinajstić information content (AvgIpc) is 2.33. The van der Waals surface area contributed by atoms with Crippen LogP contribution >= 0.6 is 11.6 Å². The van der Waals surface area contributed by atoms with E-state index in [0.717, 1.165) is 5.56 Å². The Morgan fingerprint density at radius 3 is 2.55 bits per heavy atom. The summed E-state index contributed by atoms with van der Waals surface area (Å²) in [7, 11) is -3.66. The number of carboxylic acids is 1. The van der Waals surface area contributed by atoms with Gasteiger partial charge in [0.15, 0.2) is 0 Å². The van der Waals surface area contributed by atoms with Crippen molar-refractivity contribution in [1.29, 1.82) is 0 Å². The van der Waals surface area contributed by atoms with E-state index in [1.165, 1.54) is 0 Å². The van der Waals surface area contributed by atoms with Gasteiger partial charge in [-0.05, 0) is 30.0 Å². The lowest BCUT2D eigenvalue weighted by molar-refractivity contribution is -0.140. The number of hydrogen-bond acceptors (Lipinski definition) is 3. The third-order valence-electron chi connectivity index (χ3n) is 2.79. The highest BCUT2D eigenvalue weighted by Gasteiger charge is 2.26. The molecule has 0 aliphatic rings. The fraction of sp³-hybridized carbons (Fsp3) is 0.462. The number of aliphatic carboxylic acids is 1. The number of nitrogens with one attached hydrogen (secondary N) is 1. The normalized spacial score (nSPS) is 13.4. The van der Waals surface area contributed by atoms with Crippen molar-refractivity contribution in [2.24, 2.45) is 5.92 Å². The van der Waals surface area contributed by atoms with Gasteiger partial charge in [-0.15, -0.1) is 0 Å². The van der Waals surface area contributed by atoms with Crippen molar-refractivity contribution >= 4 is 27.6 Å². The zero-order chi connectivity index (χ0) is 15.3. The maximum Gasteiger partial charge on any atom is 0.321 e. The molecule has 0 amide bonds. The Labute approximate surface area is 124 Å². The third-order valence-corrected chi connectivity index (χ3v) is 4.38. The Balaban J connectivity index is 2.68. The van der Waals surface area contributed by atoms with E-state index < -0.39 is 22.0 Å². The molecule has 7 heteroatoms. The van der Waals surface area contributed by atoms with Crippen LogP contribution in [0.2, 0.25) is 5.02 Å². The Hall–Kier alpha value is -1.11. The summed E-state index contributed by atoms with van der Waals surface area (Å²) in [6, 6.07) is 5.80. The molecule has 0 heterocycles. The molecule has 112 valence electrons. The van der Waals surface area contributed by atoms with E-state index in [1.807, 2.05) is 0 Å². The van der Waals surface area contributed by atoms with Crippen molar-refractivity contribution < 1.29 is 18.3 Å². The summed E-state index contributed by atoms with van der Waals surface area (Å²) in [6.07, 6.45) is 0.278. The maximum atomic E-state index is 11.9. The zero-order valence-corrected chi connectivity index (χ0v) is 12.9. The highest BCUT2D eigenvalue weighted by Crippen LogP contribution is 2.12. The quantitative estimate of drug-likeness (QED) is 0.804. The molecule has 1 aromatic carbocycles. The molecule has 1 aromatic rings. The third kappa shape index (κ3) is 5.48. The van der Waals surface area contributed by atoms with Crippen LogP contribution in [0.3, 0.4) is 0 Å². The highest BCUT2D eigenvalue weighted by molar-refractivity contribution is 7.89. The lowest BCUT2D eigenvalue weighted by Crippen LogP contribution is -2.45. The highest BCUT2D eigenvalue weighted by atomic mass is 35.5. The van der Waals surface area contributed by atoms with E-state index in [-0.39, 0.29) is 18.1 Å². The molecule has 1 atom stereocenters. The Morgan fingerprint density at radius 1 is 1.40 bits per heavy atom. The summed E-state index contributed by atoms with van der Waals surface area (Å²) in [6.45, 7) is 3.30. The first kappa shape index (κ1) is 16.9. The van der Waals surface area contributed by atoms with Crippen LogP contribution in [0.25, 0.3) is 0 Å². The molecule has 0 saturated carbocycles. The van der Waals surface area contributed by atoms with Gasteiger partial charge in [0.05, 0.1) is 5.75 Å². The minimum atomic E-state index is -3.66. The van der Waals surface area contributed by atoms with Gasteiger partial charge in [0.2, 0.25) is 10.0 Å². The van der Waals surface area contributed by atoms with E-state index in [9.17, 15) is 13.2 Å². The molecule has 0 bridgehead atoms. The van der Waals surface area contributed by atoms with Gasteiger partial charge in [-0.2, -0.15) is 0 Å². The van der Waals surface area contributed by atoms with E-state index in [1.54, 1.807) is 38.1 Å². The molecular weight excluding hydrogens is 302 g/mol. The number of rotatable bonds is 7. The molecule has 0 fully saturated rings. The van der Waals surface area contributed by atoms with E-state index in [2.05, 4.69) is 4.72 Å². The van der Waals surface area contributed by atoms with E-state index >= 15 is 0 Å². The Bertz CT molecular complexity index is 571. The number of carboxylic acid groups (broad SMARTS) is 1. The first-order chi connectivity index (χ1) is 9.21. The molecule has 0 aliphatic heterocycles. The van der Waals surface area contributed by atoms with Crippen molar-refractivity contribution in [3.63, 3.8) is 0 Å². The van der Waals surface area contributed by atoms with Crippen LogP contribution in [0.4, 0.5) is 0 Å². The van der Waals surface area contributed by atoms with Gasteiger partial charge in [0.1, 0.15) is 6.04 Å². The molecule has 0 radical (unpaired) electrons. The van der Waals surface area contributed by atoms with Gasteiger partial charge >= 0.3 is 5.97 Å². The van der Waals surface area contributed by atoms with Gasteiger partial charge < -0.3 is 5.11 Å². The van der Waals surface area contributed by atoms with Gasteiger partial charge in [0.25, 0.3) is 0 Å². The number of aryl methyl sites for hydroxylation is 1. The summed E-state index contributed by atoms with van der Waals surface area (Å²) >= 11 is 5.82. The van der Waals surface area contributed by atoms with Gasteiger partial charge in [-0.3, -0.25) is 4.79 Å². The SMILES string of the molecule is CC(C)[C@@H](NS(=O)(=O)CCc1cccc(Cl)c1)C(=O)O. The van der Waals surface area contributed by atoms with Crippen LogP contribution < -0.4 is 4.72 Å². The van der Waals surface area contributed by atoms with Crippen molar-refractivity contribution in [2.75, 3.05) is 5.75 Å². The lowest BCUT2D eigenvalue weighted by atomic mass is 10.1. The van der Waals surface area contributed by atoms with E-state index in [0.29, 0.717) is 5.02 Å². The second-order valence-electron chi connectivity index (χ2n) is 4.88. The van der Waals surface area contributed by atoms with E-state index in [4.69, 9.17) is 16.7 Å². The van der Waals surface area contributed by atoms with Crippen LogP contribution in [-0.2, 0) is 21.2 Å². The van der Waals surface area contributed by atoms with Crippen LogP contribution in [0.1, 0.15) is 19.4 Å². The molecule has 0 aliphatic carbocycles. The van der Waals surface area contributed by atoms with Crippen LogP contribution in [0.5, 0.6) is 0 Å². The van der Waals surface area contributed by atoms with Crippen molar-refractivity contribution in [3.05, 3.63) is 34.9 Å². The van der Waals surface area contributed by atoms with Gasteiger partial charge in [-0.1, -0.05) is 37.6 Å². The maximum absolute atomic E-state index is 11.9. The van der Waals surface area contributed by atoms with Crippen LogP contribution in [0.15, 0.2) is 24.3 Å². The summed E-state index contributed by atoms with van der Waals surface area (Å²) in [5.74, 6) is -1.68. The Kier molecular flexibility index (Phi) is 5.98. The minimum absolute atomic E-state index is 0.177. The van der Waals surface area contributed by atoms with Gasteiger partial charge in [0, 0.05) is 5.02 Å². The largest absolute Gasteiger partial charge is 0.480 e. The number of halogens is 1. The van der Waals surface area contributed by atoms with Crippen molar-refractivity contribution in [1.82, 2.24) is 4.72 Å². The average molecular weight is 320 g/mol. The number of benzene rings is 1. The molecule has 1 rings (SSSR count). The number of hydrogen-bond donors (Lipinski definition) is 2. The predicted octanol–water partition coefficient (Wildman–Crippen LogP) is 1.91. The summed E-state index contributed by atoms with van der Waals surface area (Å²) in [4.78, 5) is 11.0. The standard InChI is InChI=1S/C13H18ClNO4S/c1-9(2)12(13(16)17)15-20(18,19)7-6-10-4-3-5-11(14)8-10/h3-5,8-9,12,15H,6-7H2,1-2H3,(H,16,17)/t12-/m1/s1. The van der Waals surface area contributed by atoms with Gasteiger partial charge in [-0.25, -0.2) is 13.1 Å². The van der Waals surface area contributed by atoms with Crippen molar-refractivity contribution in [2.45, 2.75) is 26.3 Å². The van der Waals surface area contributed by atoms with Crippen LogP contribution in [-0.4, -0.2) is 31.3 Å². The summed E-state index contributed by atoms with van der Waals surface area (Å²) in [5.41, 5.74) is 0.791. The second kappa shape index (κ2) is 7.06. The predicted molar refractivity (Wildman–Crippen MR) is 78.3 cm³/mol. The Morgan fingerprint density at radius 2 is 2.05 bits per heavy atom. The lowest BCUT2D eigenvalue weighted by Gasteiger charge is -2.17. The fourth-order valence-corrected chi connectivity index (χ4v) is 3.26. The number of sulfonamides is 1. The second-order valence-corrected chi connectivity index (χ2v) is 7.19. The summed E-state index contributed by atoms with van der Waals surface area (Å²) in [5, 5.41) is 9.52. The topological polar surface area (TPSA) is 83.5 Å². The minimum Gasteiger partial charge on any atom is -0.480 e. The first-order valence-electron chi connectivity index (χ1n) is 6.18.